The van der Waals surface area contributed by atoms with Crippen LogP contribution in [-0.2, 0) is 33.1 Å². The molecule has 0 aromatic heterocycles. The third-order valence-corrected chi connectivity index (χ3v) is 5.67. The molecule has 0 bridgehead atoms. The predicted octanol–water partition coefficient (Wildman–Crippen LogP) is -3.24. The van der Waals surface area contributed by atoms with Gasteiger partial charge >= 0.3 is 59.1 Å². The van der Waals surface area contributed by atoms with E-state index in [1.165, 1.54) is 24.3 Å². The average Bonchev–Trinajstić information content (AvgIpc) is 2.60. The van der Waals surface area contributed by atoms with E-state index in [-0.39, 0.29) is 94.5 Å². The van der Waals surface area contributed by atoms with Crippen LogP contribution < -0.4 is 59.1 Å². The summed E-state index contributed by atoms with van der Waals surface area (Å²) in [6.07, 6.45) is -0.0344. The molecule has 0 saturated heterocycles. The zero-order valence-electron chi connectivity index (χ0n) is 15.9. The normalized spacial score (nSPS) is 10.6. The minimum atomic E-state index is -4.82. The van der Waals surface area contributed by atoms with Crippen molar-refractivity contribution in [2.75, 3.05) is 0 Å². The van der Waals surface area contributed by atoms with Gasteiger partial charge in [0.05, 0.1) is 31.5 Å². The van der Waals surface area contributed by atoms with Crippen molar-refractivity contribution >= 4 is 66.4 Å². The Morgan fingerprint density at radius 3 is 1.33 bits per heavy atom. The molecule has 0 aliphatic heterocycles. The summed E-state index contributed by atoms with van der Waals surface area (Å²) >= 11 is 8.90. The number of aryl methyl sites for hydroxylation is 2. The zero-order valence-corrected chi connectivity index (χ0v) is 23.1. The molecule has 0 aliphatic carbocycles. The number of rotatable bonds is 7. The molecule has 2 aromatic rings. The number of hydrogen-bond acceptors (Lipinski definition) is 10. The summed E-state index contributed by atoms with van der Waals surface area (Å²) in [4.78, 5) is 6.25. The van der Waals surface area contributed by atoms with Crippen molar-refractivity contribution < 1.29 is 85.1 Å². The second kappa shape index (κ2) is 12.8. The topological polar surface area (TPSA) is 139 Å². The first-order chi connectivity index (χ1) is 13.1. The number of hydrogen-bond donors (Lipinski definition) is 0. The smallest absolute Gasteiger partial charge is 0.744 e. The summed E-state index contributed by atoms with van der Waals surface area (Å²) in [5, 5.41) is 4.14. The SMILES string of the molecule is O=S(=O)([O-])c1cc(N=C=S)ccc1CCc1ccc(N=C=S)cc1S(=O)(=O)[O-].[Na+].[Na+]. The second-order valence-corrected chi connectivity index (χ2v) is 8.46. The van der Waals surface area contributed by atoms with Crippen LogP contribution in [0.1, 0.15) is 11.1 Å². The molecule has 30 heavy (non-hydrogen) atoms. The molecule has 0 spiro atoms. The Kier molecular flexibility index (Phi) is 12.7. The van der Waals surface area contributed by atoms with E-state index in [1.54, 1.807) is 0 Å². The number of isothiocyanates is 2. The number of aliphatic imine (C=N–C) groups is 2. The Morgan fingerprint density at radius 2 is 1.07 bits per heavy atom. The zero-order chi connectivity index (χ0) is 20.9. The van der Waals surface area contributed by atoms with Gasteiger partial charge in [-0.15, -0.1) is 0 Å². The van der Waals surface area contributed by atoms with Crippen LogP contribution in [0, 0.1) is 0 Å². The molecule has 0 aliphatic rings. The number of benzene rings is 2. The summed E-state index contributed by atoms with van der Waals surface area (Å²) in [6.45, 7) is 0. The first-order valence-electron chi connectivity index (χ1n) is 7.39. The van der Waals surface area contributed by atoms with Crippen LogP contribution in [0.15, 0.2) is 56.2 Å². The van der Waals surface area contributed by atoms with Crippen LogP contribution in [0.5, 0.6) is 0 Å². The molecule has 0 atom stereocenters. The fourth-order valence-corrected chi connectivity index (χ4v) is 4.20. The van der Waals surface area contributed by atoms with E-state index in [1.807, 2.05) is 0 Å². The van der Waals surface area contributed by atoms with E-state index in [4.69, 9.17) is 0 Å². The van der Waals surface area contributed by atoms with Crippen molar-refractivity contribution in [3.05, 3.63) is 47.5 Å². The van der Waals surface area contributed by atoms with Gasteiger partial charge in [-0.3, -0.25) is 0 Å². The summed E-state index contributed by atoms with van der Waals surface area (Å²) in [7, 11) is -9.64. The Bertz CT molecular complexity index is 1140. The molecule has 2 rings (SSSR count). The van der Waals surface area contributed by atoms with E-state index in [0.717, 1.165) is 12.1 Å². The molecule has 0 N–H and O–H groups in total. The maximum absolute atomic E-state index is 11.5. The van der Waals surface area contributed by atoms with E-state index < -0.39 is 30.0 Å². The molecule has 146 valence electrons. The van der Waals surface area contributed by atoms with E-state index in [9.17, 15) is 25.9 Å². The predicted molar refractivity (Wildman–Crippen MR) is 106 cm³/mol. The maximum Gasteiger partial charge on any atom is 1.00 e. The van der Waals surface area contributed by atoms with Crippen molar-refractivity contribution in [1.29, 1.82) is 0 Å². The van der Waals surface area contributed by atoms with E-state index in [0.29, 0.717) is 0 Å². The van der Waals surface area contributed by atoms with Crippen molar-refractivity contribution in [2.45, 2.75) is 22.6 Å². The van der Waals surface area contributed by atoms with Gasteiger partial charge in [-0.1, -0.05) is 12.1 Å². The van der Waals surface area contributed by atoms with Gasteiger partial charge in [-0.25, -0.2) is 16.8 Å². The summed E-state index contributed by atoms with van der Waals surface area (Å²) in [6, 6.07) is 7.72. The standard InChI is InChI=1S/C16H12N2O6S4.2Na/c19-27(20,21)15-7-13(17-9-25)5-3-11(15)1-2-12-4-6-14(18-10-26)8-16(12)28(22,23)24;;/h3-8H,1-2H2,(H,19,20,21)(H,22,23,24);;/q;2*+1/p-2. The van der Waals surface area contributed by atoms with Crippen molar-refractivity contribution in [3.8, 4) is 0 Å². The van der Waals surface area contributed by atoms with E-state index >= 15 is 0 Å². The van der Waals surface area contributed by atoms with Gasteiger partial charge in [0.1, 0.15) is 20.2 Å². The largest absolute Gasteiger partial charge is 1.00 e. The first-order valence-corrected chi connectivity index (χ1v) is 11.0. The molecule has 0 unspecified atom stereocenters. The maximum atomic E-state index is 11.5. The van der Waals surface area contributed by atoms with Gasteiger partial charge in [0.25, 0.3) is 0 Å². The molecule has 14 heteroatoms. The third kappa shape index (κ3) is 8.42. The fraction of sp³-hybridized carbons (Fsp3) is 0.125. The van der Waals surface area contributed by atoms with E-state index in [2.05, 4.69) is 44.7 Å². The van der Waals surface area contributed by atoms with Crippen LogP contribution in [0.3, 0.4) is 0 Å². The average molecular weight is 501 g/mol. The molecule has 0 fully saturated rings. The molecular weight excluding hydrogens is 490 g/mol. The first kappa shape index (κ1) is 29.9. The molecule has 8 nitrogen and oxygen atoms in total. The number of thiocarbonyl (C=S) groups is 2. The Hall–Kier alpha value is -0.140. The Morgan fingerprint density at radius 1 is 0.733 bits per heavy atom. The number of nitrogens with zero attached hydrogens (tertiary/aromatic N) is 2. The van der Waals surface area contributed by atoms with Crippen LogP contribution in [0.25, 0.3) is 0 Å². The molecular formula is C16H10N2Na2O6S4. The van der Waals surface area contributed by atoms with Gasteiger partial charge < -0.3 is 9.11 Å². The molecule has 0 saturated carbocycles. The van der Waals surface area contributed by atoms with Gasteiger partial charge in [0.2, 0.25) is 0 Å². The van der Waals surface area contributed by atoms with Crippen LogP contribution in [0.4, 0.5) is 11.4 Å². The summed E-state index contributed by atoms with van der Waals surface area (Å²) in [5.41, 5.74) is 0.568. The summed E-state index contributed by atoms with van der Waals surface area (Å²) in [5.74, 6) is 0. The van der Waals surface area contributed by atoms with Crippen molar-refractivity contribution in [2.24, 2.45) is 9.98 Å². The Labute approximate surface area is 229 Å². The minimum absolute atomic E-state index is 0. The van der Waals surface area contributed by atoms with Gasteiger partial charge in [0.15, 0.2) is 0 Å². The third-order valence-electron chi connectivity index (χ3n) is 3.65. The van der Waals surface area contributed by atoms with Crippen molar-refractivity contribution in [3.63, 3.8) is 0 Å². The van der Waals surface area contributed by atoms with Crippen molar-refractivity contribution in [1.82, 2.24) is 0 Å². The molecule has 0 heterocycles. The molecule has 0 amide bonds. The van der Waals surface area contributed by atoms with Crippen LogP contribution >= 0.6 is 24.4 Å². The minimum Gasteiger partial charge on any atom is -0.744 e. The summed E-state index contributed by atoms with van der Waals surface area (Å²) < 4.78 is 69.3. The van der Waals surface area contributed by atoms with Crippen LogP contribution in [0.2, 0.25) is 0 Å². The van der Waals surface area contributed by atoms with Gasteiger partial charge in [-0.05, 0) is 72.7 Å². The molecule has 0 radical (unpaired) electrons. The quantitative estimate of drug-likeness (QED) is 0.167. The van der Waals surface area contributed by atoms with Gasteiger partial charge in [-0.2, -0.15) is 9.98 Å². The van der Waals surface area contributed by atoms with Gasteiger partial charge in [0, 0.05) is 0 Å². The monoisotopic (exact) mass is 500 g/mol. The second-order valence-electron chi connectivity index (χ2n) is 5.40. The fourth-order valence-electron chi connectivity index (χ4n) is 2.48. The molecule has 2 aromatic carbocycles. The van der Waals surface area contributed by atoms with Crippen LogP contribution in [-0.4, -0.2) is 36.3 Å². The Balaban J connectivity index is 0.00000420.